The minimum atomic E-state index is -0.543. The van der Waals surface area contributed by atoms with Crippen molar-refractivity contribution in [2.75, 3.05) is 13.1 Å². The van der Waals surface area contributed by atoms with Gasteiger partial charge in [0.2, 0.25) is 0 Å². The van der Waals surface area contributed by atoms with Crippen molar-refractivity contribution < 1.29 is 9.53 Å². The zero-order valence-corrected chi connectivity index (χ0v) is 15.2. The van der Waals surface area contributed by atoms with Crippen LogP contribution in [-0.4, -0.2) is 30.5 Å². The first-order valence-electron chi connectivity index (χ1n) is 8.16. The Morgan fingerprint density at radius 3 is 2.60 bits per heavy atom. The van der Waals surface area contributed by atoms with Gasteiger partial charge in [-0.05, 0) is 35.3 Å². The Labute approximate surface area is 157 Å². The van der Waals surface area contributed by atoms with Crippen molar-refractivity contribution in [1.82, 2.24) is 4.90 Å². The highest BCUT2D eigenvalue weighted by Crippen LogP contribution is 2.31. The standard InChI is InChI=1S/C20H19Cl2NO2/c21-17-6-7-18(19(22)12-17)16-8-10-23(11-9-16)20(13-24)25-14-15-4-2-1-3-5-15/h1-8,12-13,20H,9-11,14H2. The lowest BCUT2D eigenvalue weighted by Gasteiger charge is -2.31. The zero-order chi connectivity index (χ0) is 17.6. The lowest BCUT2D eigenvalue weighted by Crippen LogP contribution is -2.41. The maximum absolute atomic E-state index is 11.4. The summed E-state index contributed by atoms with van der Waals surface area (Å²) < 4.78 is 5.78. The number of benzene rings is 2. The Balaban J connectivity index is 1.63. The van der Waals surface area contributed by atoms with E-state index < -0.39 is 6.23 Å². The molecular weight excluding hydrogens is 357 g/mol. The molecule has 3 rings (SSSR count). The molecule has 0 aliphatic carbocycles. The molecule has 0 radical (unpaired) electrons. The molecular formula is C20H19Cl2NO2. The topological polar surface area (TPSA) is 29.5 Å². The number of hydrogen-bond acceptors (Lipinski definition) is 3. The first-order valence-corrected chi connectivity index (χ1v) is 8.92. The van der Waals surface area contributed by atoms with Crippen molar-refractivity contribution in [2.24, 2.45) is 0 Å². The summed E-state index contributed by atoms with van der Waals surface area (Å²) in [7, 11) is 0. The van der Waals surface area contributed by atoms with E-state index in [9.17, 15) is 4.79 Å². The predicted molar refractivity (Wildman–Crippen MR) is 102 cm³/mol. The summed E-state index contributed by atoms with van der Waals surface area (Å²) in [6.07, 6.45) is 3.22. The predicted octanol–water partition coefficient (Wildman–Crippen LogP) is 4.82. The van der Waals surface area contributed by atoms with Crippen LogP contribution in [0.2, 0.25) is 10.0 Å². The molecule has 1 aliphatic heterocycles. The molecule has 1 unspecified atom stereocenters. The highest BCUT2D eigenvalue weighted by molar-refractivity contribution is 6.35. The molecule has 0 saturated carbocycles. The van der Waals surface area contributed by atoms with E-state index in [1.807, 2.05) is 47.4 Å². The van der Waals surface area contributed by atoms with Gasteiger partial charge in [-0.3, -0.25) is 9.69 Å². The summed E-state index contributed by atoms with van der Waals surface area (Å²) in [6.45, 7) is 1.80. The fraction of sp³-hybridized carbons (Fsp3) is 0.250. The summed E-state index contributed by atoms with van der Waals surface area (Å²) in [6, 6.07) is 15.4. The SMILES string of the molecule is O=CC(OCc1ccccc1)N1CC=C(c2ccc(Cl)cc2Cl)CC1. The first kappa shape index (κ1) is 18.2. The Kier molecular flexibility index (Phi) is 6.27. The minimum Gasteiger partial charge on any atom is -0.351 e. The third kappa shape index (κ3) is 4.71. The molecule has 25 heavy (non-hydrogen) atoms. The Morgan fingerprint density at radius 1 is 1.16 bits per heavy atom. The van der Waals surface area contributed by atoms with Crippen molar-refractivity contribution in [3.05, 3.63) is 75.8 Å². The van der Waals surface area contributed by atoms with Gasteiger partial charge >= 0.3 is 0 Å². The Morgan fingerprint density at radius 2 is 1.96 bits per heavy atom. The van der Waals surface area contributed by atoms with Gasteiger partial charge in [-0.15, -0.1) is 0 Å². The van der Waals surface area contributed by atoms with Gasteiger partial charge in [0.15, 0.2) is 12.5 Å². The summed E-state index contributed by atoms with van der Waals surface area (Å²) in [4.78, 5) is 13.5. The molecule has 0 aromatic heterocycles. The van der Waals surface area contributed by atoms with Gasteiger partial charge in [0.25, 0.3) is 0 Å². The molecule has 0 amide bonds. The third-order valence-corrected chi connectivity index (χ3v) is 4.81. The van der Waals surface area contributed by atoms with Crippen LogP contribution < -0.4 is 0 Å². The molecule has 1 heterocycles. The quantitative estimate of drug-likeness (QED) is 0.677. The maximum Gasteiger partial charge on any atom is 0.167 e. The highest BCUT2D eigenvalue weighted by Gasteiger charge is 2.22. The molecule has 1 atom stereocenters. The monoisotopic (exact) mass is 375 g/mol. The van der Waals surface area contributed by atoms with E-state index in [4.69, 9.17) is 27.9 Å². The summed E-state index contributed by atoms with van der Waals surface area (Å²) in [5.41, 5.74) is 3.22. The van der Waals surface area contributed by atoms with Gasteiger partial charge in [0.1, 0.15) is 0 Å². The van der Waals surface area contributed by atoms with Crippen LogP contribution in [0.15, 0.2) is 54.6 Å². The van der Waals surface area contributed by atoms with E-state index in [2.05, 4.69) is 6.08 Å². The van der Waals surface area contributed by atoms with Crippen LogP contribution in [0.5, 0.6) is 0 Å². The minimum absolute atomic E-state index is 0.417. The van der Waals surface area contributed by atoms with Crippen LogP contribution in [0.25, 0.3) is 5.57 Å². The van der Waals surface area contributed by atoms with Gasteiger partial charge in [0, 0.05) is 23.1 Å². The second-order valence-corrected chi connectivity index (χ2v) is 6.77. The highest BCUT2D eigenvalue weighted by atomic mass is 35.5. The zero-order valence-electron chi connectivity index (χ0n) is 13.7. The normalized spacial score (nSPS) is 16.3. The number of aldehydes is 1. The van der Waals surface area contributed by atoms with Gasteiger partial charge in [-0.2, -0.15) is 0 Å². The number of halogens is 2. The fourth-order valence-electron chi connectivity index (χ4n) is 2.90. The van der Waals surface area contributed by atoms with E-state index in [1.165, 1.54) is 5.57 Å². The van der Waals surface area contributed by atoms with E-state index in [1.54, 1.807) is 6.07 Å². The van der Waals surface area contributed by atoms with Crippen molar-refractivity contribution >= 4 is 35.1 Å². The van der Waals surface area contributed by atoms with Crippen molar-refractivity contribution in [1.29, 1.82) is 0 Å². The van der Waals surface area contributed by atoms with Crippen molar-refractivity contribution in [2.45, 2.75) is 19.3 Å². The van der Waals surface area contributed by atoms with Crippen molar-refractivity contribution in [3.63, 3.8) is 0 Å². The van der Waals surface area contributed by atoms with Crippen LogP contribution in [0.1, 0.15) is 17.5 Å². The second kappa shape index (κ2) is 8.63. The van der Waals surface area contributed by atoms with Crippen LogP contribution >= 0.6 is 23.2 Å². The van der Waals surface area contributed by atoms with E-state index in [-0.39, 0.29) is 0 Å². The third-order valence-electron chi connectivity index (χ3n) is 4.26. The van der Waals surface area contributed by atoms with Gasteiger partial charge in [-0.25, -0.2) is 0 Å². The van der Waals surface area contributed by atoms with E-state index in [0.717, 1.165) is 30.4 Å². The molecule has 0 saturated heterocycles. The van der Waals surface area contributed by atoms with Gasteiger partial charge in [-0.1, -0.05) is 65.7 Å². The number of carbonyl (C=O) groups excluding carboxylic acids is 1. The largest absolute Gasteiger partial charge is 0.351 e. The Bertz CT molecular complexity index is 762. The number of rotatable bonds is 6. The van der Waals surface area contributed by atoms with Crippen molar-refractivity contribution in [3.8, 4) is 0 Å². The summed E-state index contributed by atoms with van der Waals surface area (Å²) in [5.74, 6) is 0. The number of carbonyl (C=O) groups is 1. The lowest BCUT2D eigenvalue weighted by molar-refractivity contribution is -0.132. The fourth-order valence-corrected chi connectivity index (χ4v) is 3.43. The van der Waals surface area contributed by atoms with Crippen LogP contribution in [-0.2, 0) is 16.1 Å². The first-order chi connectivity index (χ1) is 12.2. The Hall–Kier alpha value is -1.65. The van der Waals surface area contributed by atoms with Crippen LogP contribution in [0.4, 0.5) is 0 Å². The molecule has 2 aromatic rings. The molecule has 0 fully saturated rings. The average Bonchev–Trinajstić information content (AvgIpc) is 2.64. The average molecular weight is 376 g/mol. The second-order valence-electron chi connectivity index (χ2n) is 5.92. The van der Waals surface area contributed by atoms with E-state index >= 15 is 0 Å². The van der Waals surface area contributed by atoms with Gasteiger partial charge in [0.05, 0.1) is 6.61 Å². The molecule has 130 valence electrons. The van der Waals surface area contributed by atoms with E-state index in [0.29, 0.717) is 23.2 Å². The van der Waals surface area contributed by atoms with Gasteiger partial charge < -0.3 is 4.74 Å². The molecule has 0 spiro atoms. The molecule has 3 nitrogen and oxygen atoms in total. The number of nitrogens with zero attached hydrogens (tertiary/aromatic N) is 1. The molecule has 0 bridgehead atoms. The summed E-state index contributed by atoms with van der Waals surface area (Å²) in [5, 5.41) is 1.28. The maximum atomic E-state index is 11.4. The van der Waals surface area contributed by atoms with Crippen LogP contribution in [0, 0.1) is 0 Å². The lowest BCUT2D eigenvalue weighted by atomic mass is 9.99. The molecule has 1 aliphatic rings. The number of hydrogen-bond donors (Lipinski definition) is 0. The van der Waals surface area contributed by atoms with Crippen LogP contribution in [0.3, 0.4) is 0 Å². The molecule has 0 N–H and O–H groups in total. The summed E-state index contributed by atoms with van der Waals surface area (Å²) >= 11 is 12.2. The number of ether oxygens (including phenoxy) is 1. The molecule has 5 heteroatoms. The molecule has 2 aromatic carbocycles. The smallest absolute Gasteiger partial charge is 0.167 e.